The summed E-state index contributed by atoms with van der Waals surface area (Å²) < 4.78 is 10.7. The topological polar surface area (TPSA) is 144 Å². The fraction of sp³-hybridized carbons (Fsp3) is 0.913. The van der Waals surface area contributed by atoms with Crippen LogP contribution >= 0.6 is 0 Å². The number of amides is 2. The molecule has 3 heterocycles. The Balaban J connectivity index is 0.000000319. The Morgan fingerprint density at radius 1 is 0.722 bits per heavy atom. The van der Waals surface area contributed by atoms with Crippen LogP contribution in [0.25, 0.3) is 0 Å². The maximum atomic E-state index is 11.8. The second-order valence-electron chi connectivity index (χ2n) is 11.8. The molecule has 3 aliphatic heterocycles. The molecular weight excluding hydrogens is 481 g/mol. The third-order valence-corrected chi connectivity index (χ3v) is 6.61. The molecule has 0 radical (unpaired) electrons. The predicted octanol–water partition coefficient (Wildman–Crippen LogP) is 1.37. The summed E-state index contributed by atoms with van der Waals surface area (Å²) in [4.78, 5) is 45.7. The number of hydrogen-bond acceptors (Lipinski definition) is 9. The number of carbonyl (C=O) groups is 2. The fourth-order valence-corrected chi connectivity index (χ4v) is 5.22. The Labute approximate surface area is 235 Å². The van der Waals surface area contributed by atoms with E-state index in [0.29, 0.717) is 38.0 Å². The Morgan fingerprint density at radius 2 is 1.06 bits per heavy atom. The molecule has 13 heteroatoms. The molecule has 12 nitrogen and oxygen atoms in total. The average molecular weight is 522 g/mol. The van der Waals surface area contributed by atoms with Gasteiger partial charge in [0, 0.05) is 51.1 Å². The van der Waals surface area contributed by atoms with Gasteiger partial charge < -0.3 is 29.4 Å². The summed E-state index contributed by atoms with van der Waals surface area (Å²) in [7, 11) is 0. The minimum absolute atomic E-state index is 0. The zero-order chi connectivity index (χ0) is 26.4. The van der Waals surface area contributed by atoms with Crippen molar-refractivity contribution >= 4 is 12.2 Å². The van der Waals surface area contributed by atoms with Crippen LogP contribution in [-0.2, 0) is 9.47 Å². The summed E-state index contributed by atoms with van der Waals surface area (Å²) in [6.45, 7) is 15.8. The van der Waals surface area contributed by atoms with Crippen LogP contribution in [0.15, 0.2) is 10.6 Å². The molecule has 0 aromatic heterocycles. The van der Waals surface area contributed by atoms with Crippen LogP contribution in [0.5, 0.6) is 0 Å². The van der Waals surface area contributed by atoms with E-state index in [9.17, 15) is 14.5 Å². The van der Waals surface area contributed by atoms with E-state index in [1.165, 1.54) is 19.3 Å². The number of ether oxygens (including phenoxy) is 2. The molecule has 0 N–H and O–H groups in total. The van der Waals surface area contributed by atoms with Gasteiger partial charge in [0.2, 0.25) is 0 Å². The van der Waals surface area contributed by atoms with Crippen LogP contribution in [0.1, 0.15) is 60.8 Å². The summed E-state index contributed by atoms with van der Waals surface area (Å²) in [6.07, 6.45) is 3.56. The van der Waals surface area contributed by atoms with Crippen LogP contribution in [0.2, 0.25) is 0 Å². The van der Waals surface area contributed by atoms with Crippen LogP contribution in [0.4, 0.5) is 9.59 Å². The van der Waals surface area contributed by atoms with E-state index < -0.39 is 5.60 Å². The van der Waals surface area contributed by atoms with Crippen molar-refractivity contribution in [3.8, 4) is 0 Å². The number of rotatable bonds is 1. The van der Waals surface area contributed by atoms with E-state index in [-0.39, 0.29) is 47.3 Å². The van der Waals surface area contributed by atoms with Crippen molar-refractivity contribution in [2.75, 3.05) is 39.3 Å². The number of nitrogens with zero attached hydrogens (tertiary/aromatic N) is 5. The number of carbonyl (C=O) groups excluding carboxylic acids is 2. The van der Waals surface area contributed by atoms with E-state index in [1.807, 2.05) is 46.4 Å². The van der Waals surface area contributed by atoms with Crippen LogP contribution in [-0.4, -0.2) is 77.5 Å². The van der Waals surface area contributed by atoms with Crippen molar-refractivity contribution in [3.63, 3.8) is 0 Å². The number of fused-ring (bicyclic) bond motifs is 2. The van der Waals surface area contributed by atoms with E-state index in [1.54, 1.807) is 9.91 Å². The zero-order valence-electron chi connectivity index (χ0n) is 22.8. The SMILES string of the molecule is CC(C)(C)OC(=O)N1CC2CCCC2C1.CC(C)(C)OC(=O)N1CC2CN(N=O)CC2C1.O=N[O-].[Na+]. The van der Waals surface area contributed by atoms with Gasteiger partial charge in [-0.05, 0) is 66.2 Å². The first-order valence-corrected chi connectivity index (χ1v) is 12.2. The van der Waals surface area contributed by atoms with Crippen molar-refractivity contribution in [3.05, 3.63) is 15.0 Å². The molecule has 200 valence electrons. The predicted molar refractivity (Wildman–Crippen MR) is 130 cm³/mol. The molecule has 3 saturated heterocycles. The van der Waals surface area contributed by atoms with Gasteiger partial charge in [0.15, 0.2) is 0 Å². The van der Waals surface area contributed by atoms with Crippen LogP contribution < -0.4 is 29.6 Å². The second kappa shape index (κ2) is 13.8. The van der Waals surface area contributed by atoms with Crippen molar-refractivity contribution in [1.29, 1.82) is 0 Å². The van der Waals surface area contributed by atoms with Gasteiger partial charge in [-0.1, -0.05) is 6.42 Å². The molecule has 4 rings (SSSR count). The van der Waals surface area contributed by atoms with Gasteiger partial charge in [-0.15, -0.1) is 10.2 Å². The molecule has 4 unspecified atom stereocenters. The van der Waals surface area contributed by atoms with Gasteiger partial charge in [-0.25, -0.2) is 9.59 Å². The fourth-order valence-electron chi connectivity index (χ4n) is 5.22. The van der Waals surface area contributed by atoms with E-state index in [2.05, 4.69) is 5.29 Å². The maximum absolute atomic E-state index is 11.8. The van der Waals surface area contributed by atoms with Gasteiger partial charge in [0.05, 0.1) is 5.29 Å². The zero-order valence-corrected chi connectivity index (χ0v) is 24.8. The normalized spacial score (nSPS) is 26.3. The third-order valence-electron chi connectivity index (χ3n) is 6.61. The quantitative estimate of drug-likeness (QED) is 0.286. The molecule has 1 aliphatic carbocycles. The molecule has 1 saturated carbocycles. The van der Waals surface area contributed by atoms with E-state index >= 15 is 0 Å². The molecule has 2 amide bonds. The summed E-state index contributed by atoms with van der Waals surface area (Å²) in [6, 6.07) is 0. The average Bonchev–Trinajstić information content (AvgIpc) is 3.45. The molecule has 36 heavy (non-hydrogen) atoms. The molecule has 4 atom stereocenters. The molecule has 0 aromatic carbocycles. The van der Waals surface area contributed by atoms with E-state index in [0.717, 1.165) is 30.3 Å². The minimum Gasteiger partial charge on any atom is -0.444 e. The first kappa shape index (κ1) is 32.4. The van der Waals surface area contributed by atoms with Gasteiger partial charge in [-0.3, -0.25) is 5.01 Å². The smallest absolute Gasteiger partial charge is 0.444 e. The van der Waals surface area contributed by atoms with Gasteiger partial charge >= 0.3 is 41.7 Å². The van der Waals surface area contributed by atoms with Gasteiger partial charge in [0.1, 0.15) is 11.2 Å². The maximum Gasteiger partial charge on any atom is 1.00 e. The Kier molecular flexibility index (Phi) is 12.4. The summed E-state index contributed by atoms with van der Waals surface area (Å²) >= 11 is 0. The molecule has 0 aromatic rings. The molecule has 0 bridgehead atoms. The summed E-state index contributed by atoms with van der Waals surface area (Å²) in [5.41, 5.74) is -0.819. The largest absolute Gasteiger partial charge is 1.00 e. The molecular formula is C23H40N5NaO7. The van der Waals surface area contributed by atoms with Gasteiger partial charge in [-0.2, -0.15) is 0 Å². The number of nitroso groups, excluding NO2 is 1. The Bertz CT molecular complexity index is 732. The third kappa shape index (κ3) is 10.0. The molecule has 4 fully saturated rings. The van der Waals surface area contributed by atoms with Gasteiger partial charge in [0.25, 0.3) is 0 Å². The Hall–Kier alpha value is -1.66. The number of likely N-dealkylation sites (tertiary alicyclic amines) is 2. The second-order valence-corrected chi connectivity index (χ2v) is 11.8. The van der Waals surface area contributed by atoms with Crippen molar-refractivity contribution < 1.29 is 48.6 Å². The minimum atomic E-state index is -0.453. The summed E-state index contributed by atoms with van der Waals surface area (Å²) in [5.74, 6) is 2.22. The molecule has 0 spiro atoms. The van der Waals surface area contributed by atoms with Crippen molar-refractivity contribution in [1.82, 2.24) is 14.8 Å². The van der Waals surface area contributed by atoms with Crippen molar-refractivity contribution in [2.45, 2.75) is 72.0 Å². The monoisotopic (exact) mass is 521 g/mol. The Morgan fingerprint density at radius 3 is 1.36 bits per heavy atom. The van der Waals surface area contributed by atoms with Crippen LogP contribution in [0, 0.1) is 38.7 Å². The first-order valence-electron chi connectivity index (χ1n) is 12.2. The standard InChI is InChI=1S/C12H21NO2.C11H19N3O3.HNO2.Na/c1-12(2,3)15-11(14)13-7-9-5-4-6-10(9)8-13;1-11(2,3)17-10(15)13-4-8-6-14(12-16)7-9(8)5-13;2-1-3;/h9-10H,4-8H2,1-3H3;8-9H,4-7H2,1-3H3;(H,2,3);/q;;;+1/p-1. The van der Waals surface area contributed by atoms with Crippen molar-refractivity contribution in [2.24, 2.45) is 34.3 Å². The first-order chi connectivity index (χ1) is 16.3. The van der Waals surface area contributed by atoms with Crippen LogP contribution in [0.3, 0.4) is 0 Å². The number of hydrogen-bond donors (Lipinski definition) is 0. The molecule has 4 aliphatic rings. The summed E-state index contributed by atoms with van der Waals surface area (Å²) in [5, 5.41) is 13.5. The van der Waals surface area contributed by atoms with E-state index in [4.69, 9.17) is 19.6 Å².